The molecule has 1 fully saturated rings. The highest BCUT2D eigenvalue weighted by Gasteiger charge is 2.16. The van der Waals surface area contributed by atoms with Crippen LogP contribution in [-0.2, 0) is 0 Å². The lowest BCUT2D eigenvalue weighted by molar-refractivity contribution is 0.0970. The highest BCUT2D eigenvalue weighted by atomic mass is 16.5. The van der Waals surface area contributed by atoms with Crippen molar-refractivity contribution in [3.63, 3.8) is 0 Å². The first-order valence-corrected chi connectivity index (χ1v) is 7.38. The van der Waals surface area contributed by atoms with Crippen LogP contribution in [0.25, 0.3) is 0 Å². The molecular formula is C17H24O2. The first-order valence-electron chi connectivity index (χ1n) is 7.38. The van der Waals surface area contributed by atoms with Crippen molar-refractivity contribution in [2.45, 2.75) is 51.9 Å². The van der Waals surface area contributed by atoms with Crippen LogP contribution < -0.4 is 4.74 Å². The predicted octanol–water partition coefficient (Wildman–Crippen LogP) is 4.55. The second kappa shape index (κ2) is 6.74. The summed E-state index contributed by atoms with van der Waals surface area (Å²) in [7, 11) is 1.65. The SMILES string of the molecule is COc1cc(C(=O)CCC2CCCCC2)ccc1C. The molecule has 1 aromatic rings. The van der Waals surface area contributed by atoms with Gasteiger partial charge in [-0.05, 0) is 30.9 Å². The number of Topliss-reactive ketones (excluding diaryl/α,β-unsaturated/α-hetero) is 1. The fourth-order valence-corrected chi connectivity index (χ4v) is 2.95. The number of methoxy groups -OCH3 is 1. The lowest BCUT2D eigenvalue weighted by atomic mass is 9.85. The van der Waals surface area contributed by atoms with Crippen molar-refractivity contribution in [1.82, 2.24) is 0 Å². The highest BCUT2D eigenvalue weighted by molar-refractivity contribution is 5.96. The molecule has 1 aromatic carbocycles. The van der Waals surface area contributed by atoms with Gasteiger partial charge in [0.15, 0.2) is 5.78 Å². The van der Waals surface area contributed by atoms with E-state index in [1.54, 1.807) is 7.11 Å². The van der Waals surface area contributed by atoms with E-state index in [0.29, 0.717) is 6.42 Å². The second-order valence-corrected chi connectivity index (χ2v) is 5.65. The van der Waals surface area contributed by atoms with Gasteiger partial charge in [-0.25, -0.2) is 0 Å². The topological polar surface area (TPSA) is 26.3 Å². The van der Waals surface area contributed by atoms with Gasteiger partial charge in [0.1, 0.15) is 5.75 Å². The molecule has 2 rings (SSSR count). The molecule has 0 bridgehead atoms. The van der Waals surface area contributed by atoms with Gasteiger partial charge in [-0.3, -0.25) is 4.79 Å². The van der Waals surface area contributed by atoms with Crippen LogP contribution >= 0.6 is 0 Å². The molecule has 1 aliphatic rings. The normalized spacial score (nSPS) is 16.3. The van der Waals surface area contributed by atoms with E-state index in [-0.39, 0.29) is 5.78 Å². The van der Waals surface area contributed by atoms with Crippen molar-refractivity contribution >= 4 is 5.78 Å². The van der Waals surface area contributed by atoms with Gasteiger partial charge in [-0.2, -0.15) is 0 Å². The third-order valence-corrected chi connectivity index (χ3v) is 4.23. The van der Waals surface area contributed by atoms with Gasteiger partial charge >= 0.3 is 0 Å². The largest absolute Gasteiger partial charge is 0.496 e. The summed E-state index contributed by atoms with van der Waals surface area (Å²) in [6, 6.07) is 5.76. The Balaban J connectivity index is 1.92. The Morgan fingerprint density at radius 2 is 2.00 bits per heavy atom. The molecule has 0 aromatic heterocycles. The molecule has 0 spiro atoms. The van der Waals surface area contributed by atoms with E-state index < -0.39 is 0 Å². The summed E-state index contributed by atoms with van der Waals surface area (Å²) < 4.78 is 5.28. The number of carbonyl (C=O) groups is 1. The van der Waals surface area contributed by atoms with Crippen LogP contribution in [0.1, 0.15) is 60.9 Å². The number of ketones is 1. The number of rotatable bonds is 5. The van der Waals surface area contributed by atoms with Gasteiger partial charge in [-0.15, -0.1) is 0 Å². The molecule has 2 heteroatoms. The van der Waals surface area contributed by atoms with E-state index in [2.05, 4.69) is 0 Å². The van der Waals surface area contributed by atoms with E-state index >= 15 is 0 Å². The molecular weight excluding hydrogens is 236 g/mol. The van der Waals surface area contributed by atoms with Crippen molar-refractivity contribution in [3.05, 3.63) is 29.3 Å². The van der Waals surface area contributed by atoms with E-state index in [1.165, 1.54) is 32.1 Å². The minimum absolute atomic E-state index is 0.254. The first-order chi connectivity index (χ1) is 9.20. The van der Waals surface area contributed by atoms with Crippen molar-refractivity contribution in [1.29, 1.82) is 0 Å². The van der Waals surface area contributed by atoms with Gasteiger partial charge < -0.3 is 4.74 Å². The lowest BCUT2D eigenvalue weighted by Gasteiger charge is -2.20. The number of aryl methyl sites for hydroxylation is 1. The average molecular weight is 260 g/mol. The summed E-state index contributed by atoms with van der Waals surface area (Å²) in [6.45, 7) is 2.00. The Labute approximate surface area is 116 Å². The van der Waals surface area contributed by atoms with Gasteiger partial charge in [-0.1, -0.05) is 44.2 Å². The lowest BCUT2D eigenvalue weighted by Crippen LogP contribution is -2.09. The van der Waals surface area contributed by atoms with E-state index in [1.807, 2.05) is 25.1 Å². The van der Waals surface area contributed by atoms with Crippen LogP contribution in [0, 0.1) is 12.8 Å². The van der Waals surface area contributed by atoms with Crippen LogP contribution in [0.15, 0.2) is 18.2 Å². The van der Waals surface area contributed by atoms with Gasteiger partial charge in [0, 0.05) is 12.0 Å². The Hall–Kier alpha value is -1.31. The van der Waals surface area contributed by atoms with Crippen LogP contribution in [0.4, 0.5) is 0 Å². The Kier molecular flexibility index (Phi) is 5.00. The summed E-state index contributed by atoms with van der Waals surface area (Å²) >= 11 is 0. The molecule has 0 amide bonds. The second-order valence-electron chi connectivity index (χ2n) is 5.65. The highest BCUT2D eigenvalue weighted by Crippen LogP contribution is 2.28. The van der Waals surface area contributed by atoms with Crippen molar-refractivity contribution in [3.8, 4) is 5.75 Å². The molecule has 0 unspecified atom stereocenters. The van der Waals surface area contributed by atoms with Crippen LogP contribution in [0.2, 0.25) is 0 Å². The number of hydrogen-bond acceptors (Lipinski definition) is 2. The number of carbonyl (C=O) groups excluding carboxylic acids is 1. The van der Waals surface area contributed by atoms with E-state index in [9.17, 15) is 4.79 Å². The Morgan fingerprint density at radius 1 is 1.26 bits per heavy atom. The Morgan fingerprint density at radius 3 is 2.68 bits per heavy atom. The molecule has 0 aliphatic heterocycles. The molecule has 104 valence electrons. The quantitative estimate of drug-likeness (QED) is 0.726. The minimum Gasteiger partial charge on any atom is -0.496 e. The maximum Gasteiger partial charge on any atom is 0.163 e. The molecule has 0 radical (unpaired) electrons. The number of ether oxygens (including phenoxy) is 1. The van der Waals surface area contributed by atoms with Crippen LogP contribution in [0.5, 0.6) is 5.75 Å². The van der Waals surface area contributed by atoms with E-state index in [0.717, 1.165) is 29.2 Å². The summed E-state index contributed by atoms with van der Waals surface area (Å²) in [5, 5.41) is 0. The standard InChI is InChI=1S/C17H24O2/c1-13-8-10-15(12-17(13)19-2)16(18)11-9-14-6-4-3-5-7-14/h8,10,12,14H,3-7,9,11H2,1-2H3. The van der Waals surface area contributed by atoms with E-state index in [4.69, 9.17) is 4.74 Å². The third kappa shape index (κ3) is 3.82. The number of hydrogen-bond donors (Lipinski definition) is 0. The molecule has 2 nitrogen and oxygen atoms in total. The Bertz CT molecular complexity index is 431. The summed E-state index contributed by atoms with van der Waals surface area (Å²) in [6.07, 6.45) is 8.41. The first kappa shape index (κ1) is 14.1. The van der Waals surface area contributed by atoms with Crippen molar-refractivity contribution in [2.75, 3.05) is 7.11 Å². The molecule has 0 saturated heterocycles. The molecule has 1 saturated carbocycles. The zero-order valence-electron chi connectivity index (χ0n) is 12.1. The molecule has 0 N–H and O–H groups in total. The maximum atomic E-state index is 12.2. The predicted molar refractivity (Wildman–Crippen MR) is 77.9 cm³/mol. The van der Waals surface area contributed by atoms with Crippen LogP contribution in [-0.4, -0.2) is 12.9 Å². The zero-order chi connectivity index (χ0) is 13.7. The van der Waals surface area contributed by atoms with Gasteiger partial charge in [0.2, 0.25) is 0 Å². The maximum absolute atomic E-state index is 12.2. The average Bonchev–Trinajstić information content (AvgIpc) is 2.46. The molecule has 19 heavy (non-hydrogen) atoms. The van der Waals surface area contributed by atoms with Crippen molar-refractivity contribution < 1.29 is 9.53 Å². The third-order valence-electron chi connectivity index (χ3n) is 4.23. The fraction of sp³-hybridized carbons (Fsp3) is 0.588. The minimum atomic E-state index is 0.254. The fourth-order valence-electron chi connectivity index (χ4n) is 2.95. The van der Waals surface area contributed by atoms with Gasteiger partial charge in [0.05, 0.1) is 7.11 Å². The van der Waals surface area contributed by atoms with Crippen molar-refractivity contribution in [2.24, 2.45) is 5.92 Å². The summed E-state index contributed by atoms with van der Waals surface area (Å²) in [5.74, 6) is 1.83. The smallest absolute Gasteiger partial charge is 0.163 e. The molecule has 0 heterocycles. The zero-order valence-corrected chi connectivity index (χ0v) is 12.1. The molecule has 0 atom stereocenters. The van der Waals surface area contributed by atoms with Gasteiger partial charge in [0.25, 0.3) is 0 Å². The monoisotopic (exact) mass is 260 g/mol. The molecule has 1 aliphatic carbocycles. The number of benzene rings is 1. The summed E-state index contributed by atoms with van der Waals surface area (Å²) in [5.41, 5.74) is 1.87. The summed E-state index contributed by atoms with van der Waals surface area (Å²) in [4.78, 5) is 12.2. The van der Waals surface area contributed by atoms with Crippen LogP contribution in [0.3, 0.4) is 0 Å².